The van der Waals surface area contributed by atoms with Gasteiger partial charge in [0.15, 0.2) is 11.5 Å². The Morgan fingerprint density at radius 3 is 2.73 bits per heavy atom. The van der Waals surface area contributed by atoms with Gasteiger partial charge in [0.25, 0.3) is 0 Å². The first kappa shape index (κ1) is 27.9. The molecule has 2 fully saturated rings. The molecule has 2 aliphatic carbocycles. The highest BCUT2D eigenvalue weighted by Crippen LogP contribution is 2.66. The highest BCUT2D eigenvalue weighted by atomic mass is 35.5. The van der Waals surface area contributed by atoms with Gasteiger partial charge >= 0.3 is 5.97 Å². The van der Waals surface area contributed by atoms with Crippen LogP contribution in [0.25, 0.3) is 0 Å². The van der Waals surface area contributed by atoms with Crippen LogP contribution in [-0.2, 0) is 21.4 Å². The fraction of sp³-hybridized carbons (Fsp3) is 0.682. The number of aliphatic hydroxyl groups excluding tert-OH is 1. The molecule has 33 heavy (non-hydrogen) atoms. The second-order valence-corrected chi connectivity index (χ2v) is 9.22. The lowest BCUT2D eigenvalue weighted by Gasteiger charge is -2.65. The molecular weight excluding hydrogens is 475 g/mol. The topological polar surface area (TPSA) is 143 Å². The molecule has 3 unspecified atom stereocenters. The van der Waals surface area contributed by atoms with Crippen molar-refractivity contribution in [2.75, 3.05) is 27.3 Å². The molecule has 9 nitrogen and oxygen atoms in total. The van der Waals surface area contributed by atoms with Gasteiger partial charge in [-0.25, -0.2) is 0 Å². The number of hydrogen-bond donors (Lipinski definition) is 4. The predicted octanol–water partition coefficient (Wildman–Crippen LogP) is 0.643. The first-order valence-corrected chi connectivity index (χ1v) is 10.8. The minimum absolute atomic E-state index is 0. The van der Waals surface area contributed by atoms with Gasteiger partial charge in [0, 0.05) is 31.4 Å². The maximum absolute atomic E-state index is 11.7. The zero-order valence-corrected chi connectivity index (χ0v) is 20.4. The molecule has 0 amide bonds. The fourth-order valence-corrected chi connectivity index (χ4v) is 6.98. The number of aromatic hydroxyl groups is 1. The summed E-state index contributed by atoms with van der Waals surface area (Å²) in [5.41, 5.74) is 1.34. The molecule has 2 bridgehead atoms. The maximum Gasteiger partial charge on any atom is 0.320 e. The van der Waals surface area contributed by atoms with Crippen molar-refractivity contribution in [3.8, 4) is 11.5 Å². The molecule has 1 aromatic carbocycles. The Morgan fingerprint density at radius 2 is 2.09 bits per heavy atom. The number of aliphatic hydroxyl groups is 1. The summed E-state index contributed by atoms with van der Waals surface area (Å²) in [6.07, 6.45) is 2.92. The van der Waals surface area contributed by atoms with Gasteiger partial charge in [0.2, 0.25) is 0 Å². The van der Waals surface area contributed by atoms with Crippen LogP contribution in [0.4, 0.5) is 0 Å². The van der Waals surface area contributed by atoms with Crippen molar-refractivity contribution in [1.82, 2.24) is 10.2 Å². The van der Waals surface area contributed by atoms with Crippen molar-refractivity contribution in [3.05, 3.63) is 23.3 Å². The first-order valence-electron chi connectivity index (χ1n) is 10.8. The Bertz CT molecular complexity index is 891. The Hall–Kier alpha value is -1.33. The van der Waals surface area contributed by atoms with Gasteiger partial charge < -0.3 is 35.2 Å². The lowest BCUT2D eigenvalue weighted by molar-refractivity contribution is -0.204. The van der Waals surface area contributed by atoms with E-state index >= 15 is 0 Å². The van der Waals surface area contributed by atoms with Gasteiger partial charge in [-0.05, 0) is 57.3 Å². The molecule has 11 heteroatoms. The van der Waals surface area contributed by atoms with E-state index < -0.39 is 23.0 Å². The number of methoxy groups -OCH3 is 1. The van der Waals surface area contributed by atoms with Crippen molar-refractivity contribution in [2.24, 2.45) is 0 Å². The molecule has 1 aromatic rings. The largest absolute Gasteiger partial charge is 0.504 e. The lowest BCUT2D eigenvalue weighted by atomic mass is 9.48. The molecule has 6 N–H and O–H groups in total. The van der Waals surface area contributed by atoms with Crippen molar-refractivity contribution in [3.63, 3.8) is 0 Å². The number of phenolic OH excluding ortho intramolecular Hbond substituents is 1. The summed E-state index contributed by atoms with van der Waals surface area (Å²) in [5, 5.41) is 32.8. The van der Waals surface area contributed by atoms with Gasteiger partial charge in [-0.1, -0.05) is 6.07 Å². The van der Waals surface area contributed by atoms with Crippen LogP contribution >= 0.6 is 24.8 Å². The molecular formula is C22H34Cl2N2O7. The fourth-order valence-electron chi connectivity index (χ4n) is 6.98. The van der Waals surface area contributed by atoms with Crippen LogP contribution in [0.5, 0.6) is 11.5 Å². The number of nitrogens with zero attached hydrogens (tertiary/aromatic N) is 1. The van der Waals surface area contributed by atoms with Crippen molar-refractivity contribution in [2.45, 2.75) is 67.3 Å². The second-order valence-electron chi connectivity index (χ2n) is 9.22. The third kappa shape index (κ3) is 3.52. The van der Waals surface area contributed by atoms with E-state index in [0.29, 0.717) is 12.2 Å². The number of hydrogen-bond acceptors (Lipinski definition) is 7. The molecule has 0 aromatic heterocycles. The highest BCUT2D eigenvalue weighted by Gasteiger charge is 2.73. The Morgan fingerprint density at radius 1 is 1.36 bits per heavy atom. The predicted molar refractivity (Wildman–Crippen MR) is 126 cm³/mol. The number of ether oxygens (including phenoxy) is 2. The Kier molecular flexibility index (Phi) is 8.23. The van der Waals surface area contributed by atoms with Crippen molar-refractivity contribution >= 4 is 30.8 Å². The zero-order valence-electron chi connectivity index (χ0n) is 18.7. The minimum atomic E-state index is -0.978. The number of aliphatic carboxylic acids is 1. The highest BCUT2D eigenvalue weighted by molar-refractivity contribution is 5.85. The van der Waals surface area contributed by atoms with Crippen LogP contribution in [0, 0.1) is 0 Å². The molecule has 4 aliphatic rings. The third-order valence-electron chi connectivity index (χ3n) is 8.18. The van der Waals surface area contributed by atoms with Gasteiger partial charge in [0.05, 0.1) is 11.0 Å². The summed E-state index contributed by atoms with van der Waals surface area (Å²) in [5.74, 6) is -0.317. The number of benzene rings is 1. The van der Waals surface area contributed by atoms with Gasteiger partial charge in [-0.3, -0.25) is 10.1 Å². The number of likely N-dealkylation sites (tertiary alicyclic amines) is 1. The normalized spacial score (nSPS) is 34.0. The van der Waals surface area contributed by atoms with E-state index in [4.69, 9.17) is 9.47 Å². The van der Waals surface area contributed by atoms with E-state index in [2.05, 4.69) is 17.3 Å². The first-order chi connectivity index (χ1) is 14.4. The number of piperidine rings is 1. The average Bonchev–Trinajstić information content (AvgIpc) is 3.08. The standard InChI is InChI=1S/C22H30N2O6.2ClH.H2O/c1-24-9-8-21-17-12-3-4-15(26)18(17)30-19(21)13(23-14(6-10-25)20(27)28)5-7-22(21,29-2)16(24)11-12;;;/h3-4,13-14,16,19,23,25-26H,5-11H2,1-2H3,(H,27,28);2*1H;1H2/t13?,14?,16-,19?,21+,22-;;;/m1.../s1. The molecule has 6 atom stereocenters. The average molecular weight is 509 g/mol. The summed E-state index contributed by atoms with van der Waals surface area (Å²) >= 11 is 0. The molecule has 2 aliphatic heterocycles. The summed E-state index contributed by atoms with van der Waals surface area (Å²) in [6, 6.07) is 2.82. The molecule has 2 heterocycles. The molecule has 5 rings (SSSR count). The summed E-state index contributed by atoms with van der Waals surface area (Å²) in [6.45, 7) is 0.684. The van der Waals surface area contributed by atoms with Gasteiger partial charge in [-0.2, -0.15) is 0 Å². The van der Waals surface area contributed by atoms with Crippen LogP contribution in [0.2, 0.25) is 0 Å². The second kappa shape index (κ2) is 9.73. The van der Waals surface area contributed by atoms with E-state index in [-0.39, 0.29) is 67.3 Å². The number of likely N-dealkylation sites (N-methyl/N-ethyl adjacent to an activating group) is 1. The van der Waals surface area contributed by atoms with Crippen molar-refractivity contribution in [1.29, 1.82) is 0 Å². The van der Waals surface area contributed by atoms with Gasteiger partial charge in [-0.15, -0.1) is 24.8 Å². The zero-order chi connectivity index (χ0) is 21.3. The summed E-state index contributed by atoms with van der Waals surface area (Å²) in [4.78, 5) is 14.1. The smallest absolute Gasteiger partial charge is 0.320 e. The summed E-state index contributed by atoms with van der Waals surface area (Å²) in [7, 11) is 3.91. The van der Waals surface area contributed by atoms with Crippen LogP contribution in [-0.4, -0.2) is 88.8 Å². The number of carboxylic acids is 1. The minimum Gasteiger partial charge on any atom is -0.504 e. The number of carboxylic acid groups (broad SMARTS) is 1. The van der Waals surface area contributed by atoms with Crippen LogP contribution in [0.1, 0.15) is 36.8 Å². The Balaban J connectivity index is 0.00000128. The molecule has 1 saturated carbocycles. The van der Waals surface area contributed by atoms with Crippen LogP contribution in [0.3, 0.4) is 0 Å². The molecule has 0 radical (unpaired) electrons. The number of carbonyl (C=O) groups is 1. The summed E-state index contributed by atoms with van der Waals surface area (Å²) < 4.78 is 12.8. The number of rotatable bonds is 6. The quantitative estimate of drug-likeness (QED) is 0.438. The van der Waals surface area contributed by atoms with E-state index in [1.807, 2.05) is 6.07 Å². The van der Waals surface area contributed by atoms with Crippen LogP contribution < -0.4 is 10.1 Å². The number of nitrogens with one attached hydrogen (secondary N) is 1. The van der Waals surface area contributed by atoms with E-state index in [9.17, 15) is 20.1 Å². The maximum atomic E-state index is 11.7. The van der Waals surface area contributed by atoms with Crippen LogP contribution in [0.15, 0.2) is 12.1 Å². The number of halogens is 2. The van der Waals surface area contributed by atoms with Crippen molar-refractivity contribution < 1.29 is 35.1 Å². The lowest BCUT2D eigenvalue weighted by Crippen LogP contribution is -2.78. The van der Waals surface area contributed by atoms with E-state index in [1.165, 1.54) is 5.56 Å². The molecule has 1 saturated heterocycles. The molecule has 1 spiro atoms. The van der Waals surface area contributed by atoms with E-state index in [0.717, 1.165) is 31.4 Å². The third-order valence-corrected chi connectivity index (χ3v) is 8.18. The molecule has 188 valence electrons. The van der Waals surface area contributed by atoms with Gasteiger partial charge in [0.1, 0.15) is 12.1 Å². The Labute approximate surface area is 205 Å². The van der Waals surface area contributed by atoms with E-state index in [1.54, 1.807) is 13.2 Å². The monoisotopic (exact) mass is 508 g/mol. The SMILES string of the molecule is CO[C@@]12CCC(NC(CCO)C(=O)O)C3Oc4c(O)ccc5c4[C@@]31CCN(C)[C@@H]2C5.Cl.Cl.O. The number of phenols is 1.